The van der Waals surface area contributed by atoms with E-state index in [9.17, 15) is 0 Å². The fraction of sp³-hybridized carbons (Fsp3) is 1.00. The lowest BCUT2D eigenvalue weighted by atomic mass is 9.91. The number of hydrogen-bond donors (Lipinski definition) is 2. The SMILES string of the molecule is NC1CCCC(NCC2CCSCC2)C1. The number of nitrogens with one attached hydrogen (secondary N) is 1. The third-order valence-corrected chi connectivity index (χ3v) is 4.80. The molecule has 3 N–H and O–H groups in total. The lowest BCUT2D eigenvalue weighted by molar-refractivity contribution is 0.315. The van der Waals surface area contributed by atoms with Crippen molar-refractivity contribution in [2.24, 2.45) is 11.7 Å². The molecule has 0 aromatic rings. The van der Waals surface area contributed by atoms with E-state index >= 15 is 0 Å². The smallest absolute Gasteiger partial charge is 0.00819 e. The van der Waals surface area contributed by atoms with Gasteiger partial charge in [-0.3, -0.25) is 0 Å². The van der Waals surface area contributed by atoms with E-state index in [4.69, 9.17) is 5.73 Å². The van der Waals surface area contributed by atoms with Crippen LogP contribution in [-0.4, -0.2) is 30.1 Å². The highest BCUT2D eigenvalue weighted by Gasteiger charge is 2.20. The molecule has 2 fully saturated rings. The molecule has 1 heterocycles. The number of thioether (sulfide) groups is 1. The van der Waals surface area contributed by atoms with E-state index < -0.39 is 0 Å². The third kappa shape index (κ3) is 3.97. The first kappa shape index (κ1) is 11.7. The summed E-state index contributed by atoms with van der Waals surface area (Å²) in [6.07, 6.45) is 7.92. The van der Waals surface area contributed by atoms with Crippen LogP contribution in [0.5, 0.6) is 0 Å². The molecule has 2 nitrogen and oxygen atoms in total. The summed E-state index contributed by atoms with van der Waals surface area (Å²) in [6, 6.07) is 1.17. The number of nitrogens with two attached hydrogens (primary N) is 1. The van der Waals surface area contributed by atoms with Crippen LogP contribution in [0, 0.1) is 5.92 Å². The molecule has 2 unspecified atom stereocenters. The molecule has 88 valence electrons. The van der Waals surface area contributed by atoms with Crippen molar-refractivity contribution in [2.45, 2.75) is 50.6 Å². The zero-order chi connectivity index (χ0) is 10.5. The molecular formula is C12H24N2S. The molecule has 2 aliphatic rings. The Kier molecular flexibility index (Phi) is 4.79. The van der Waals surface area contributed by atoms with Crippen molar-refractivity contribution in [3.63, 3.8) is 0 Å². The first-order valence-electron chi connectivity index (χ1n) is 6.41. The van der Waals surface area contributed by atoms with Gasteiger partial charge in [-0.2, -0.15) is 11.8 Å². The Morgan fingerprint density at radius 3 is 2.67 bits per heavy atom. The van der Waals surface area contributed by atoms with E-state index in [1.165, 1.54) is 56.6 Å². The molecule has 0 radical (unpaired) electrons. The Hall–Kier alpha value is 0.270. The minimum atomic E-state index is 0.457. The van der Waals surface area contributed by atoms with E-state index in [0.29, 0.717) is 12.1 Å². The highest BCUT2D eigenvalue weighted by molar-refractivity contribution is 7.99. The minimum absolute atomic E-state index is 0.457. The van der Waals surface area contributed by atoms with Crippen molar-refractivity contribution in [3.05, 3.63) is 0 Å². The Morgan fingerprint density at radius 2 is 1.93 bits per heavy atom. The number of hydrogen-bond acceptors (Lipinski definition) is 3. The summed E-state index contributed by atoms with van der Waals surface area (Å²) in [6.45, 7) is 1.23. The molecule has 0 aromatic carbocycles. The van der Waals surface area contributed by atoms with Crippen LogP contribution in [-0.2, 0) is 0 Å². The van der Waals surface area contributed by atoms with Crippen LogP contribution in [0.25, 0.3) is 0 Å². The van der Waals surface area contributed by atoms with Gasteiger partial charge >= 0.3 is 0 Å². The molecule has 1 saturated heterocycles. The van der Waals surface area contributed by atoms with Crippen molar-refractivity contribution in [2.75, 3.05) is 18.1 Å². The van der Waals surface area contributed by atoms with E-state index in [0.717, 1.165) is 5.92 Å². The molecule has 1 saturated carbocycles. The standard InChI is InChI=1S/C12H24N2S/c13-11-2-1-3-12(8-11)14-9-10-4-6-15-7-5-10/h10-12,14H,1-9,13H2. The van der Waals surface area contributed by atoms with E-state index in [1.807, 2.05) is 0 Å². The lowest BCUT2D eigenvalue weighted by Gasteiger charge is -2.30. The Morgan fingerprint density at radius 1 is 1.13 bits per heavy atom. The van der Waals surface area contributed by atoms with E-state index in [2.05, 4.69) is 17.1 Å². The Bertz CT molecular complexity index is 180. The summed E-state index contributed by atoms with van der Waals surface area (Å²) in [5, 5.41) is 3.73. The first-order chi connectivity index (χ1) is 7.34. The van der Waals surface area contributed by atoms with Gasteiger partial charge in [-0.25, -0.2) is 0 Å². The fourth-order valence-electron chi connectivity index (χ4n) is 2.70. The molecule has 0 aromatic heterocycles. The lowest BCUT2D eigenvalue weighted by Crippen LogP contribution is -2.41. The second-order valence-electron chi connectivity index (χ2n) is 5.09. The van der Waals surface area contributed by atoms with Crippen LogP contribution in [0.4, 0.5) is 0 Å². The summed E-state index contributed by atoms with van der Waals surface area (Å²) in [4.78, 5) is 0. The second kappa shape index (κ2) is 6.12. The fourth-order valence-corrected chi connectivity index (χ4v) is 3.90. The average molecular weight is 228 g/mol. The third-order valence-electron chi connectivity index (χ3n) is 3.75. The van der Waals surface area contributed by atoms with Crippen molar-refractivity contribution >= 4 is 11.8 Å². The monoisotopic (exact) mass is 228 g/mol. The highest BCUT2D eigenvalue weighted by atomic mass is 32.2. The van der Waals surface area contributed by atoms with Crippen molar-refractivity contribution in [1.29, 1.82) is 0 Å². The largest absolute Gasteiger partial charge is 0.328 e. The Labute approximate surface area is 97.8 Å². The number of rotatable bonds is 3. The van der Waals surface area contributed by atoms with Crippen LogP contribution in [0.2, 0.25) is 0 Å². The summed E-state index contributed by atoms with van der Waals surface area (Å²) in [5.41, 5.74) is 5.99. The molecule has 2 atom stereocenters. The van der Waals surface area contributed by atoms with Crippen molar-refractivity contribution in [3.8, 4) is 0 Å². The molecule has 0 amide bonds. The van der Waals surface area contributed by atoms with Crippen molar-refractivity contribution in [1.82, 2.24) is 5.32 Å². The highest BCUT2D eigenvalue weighted by Crippen LogP contribution is 2.23. The minimum Gasteiger partial charge on any atom is -0.328 e. The van der Waals surface area contributed by atoms with Crippen LogP contribution in [0.1, 0.15) is 38.5 Å². The van der Waals surface area contributed by atoms with E-state index in [-0.39, 0.29) is 0 Å². The van der Waals surface area contributed by atoms with Crippen LogP contribution in [0.15, 0.2) is 0 Å². The van der Waals surface area contributed by atoms with Crippen LogP contribution in [0.3, 0.4) is 0 Å². The van der Waals surface area contributed by atoms with Gasteiger partial charge in [-0.15, -0.1) is 0 Å². The van der Waals surface area contributed by atoms with Gasteiger partial charge in [0.05, 0.1) is 0 Å². The molecule has 15 heavy (non-hydrogen) atoms. The average Bonchev–Trinajstić information content (AvgIpc) is 2.28. The van der Waals surface area contributed by atoms with Gasteiger partial charge < -0.3 is 11.1 Å². The first-order valence-corrected chi connectivity index (χ1v) is 7.57. The molecule has 1 aliphatic carbocycles. The molecule has 2 rings (SSSR count). The van der Waals surface area contributed by atoms with Gasteiger partial charge in [-0.1, -0.05) is 6.42 Å². The molecule has 0 bridgehead atoms. The summed E-state index contributed by atoms with van der Waals surface area (Å²) in [7, 11) is 0. The normalized spacial score (nSPS) is 34.2. The molecule has 3 heteroatoms. The van der Waals surface area contributed by atoms with Gasteiger partial charge in [0.2, 0.25) is 0 Å². The van der Waals surface area contributed by atoms with Gasteiger partial charge in [0, 0.05) is 12.1 Å². The van der Waals surface area contributed by atoms with Gasteiger partial charge in [0.15, 0.2) is 0 Å². The maximum Gasteiger partial charge on any atom is 0.00819 e. The van der Waals surface area contributed by atoms with Crippen molar-refractivity contribution < 1.29 is 0 Å². The predicted octanol–water partition coefficient (Wildman–Crippen LogP) is 1.99. The zero-order valence-corrected chi connectivity index (χ0v) is 10.4. The van der Waals surface area contributed by atoms with E-state index in [1.54, 1.807) is 0 Å². The quantitative estimate of drug-likeness (QED) is 0.776. The second-order valence-corrected chi connectivity index (χ2v) is 6.31. The van der Waals surface area contributed by atoms with Crippen LogP contribution >= 0.6 is 11.8 Å². The Balaban J connectivity index is 1.63. The summed E-state index contributed by atoms with van der Waals surface area (Å²) in [5.74, 6) is 3.68. The van der Waals surface area contributed by atoms with Gasteiger partial charge in [-0.05, 0) is 56.1 Å². The van der Waals surface area contributed by atoms with Crippen LogP contribution < -0.4 is 11.1 Å². The topological polar surface area (TPSA) is 38.0 Å². The molecule has 0 spiro atoms. The van der Waals surface area contributed by atoms with Gasteiger partial charge in [0.25, 0.3) is 0 Å². The maximum absolute atomic E-state index is 5.99. The van der Waals surface area contributed by atoms with Gasteiger partial charge in [0.1, 0.15) is 0 Å². The summed E-state index contributed by atoms with van der Waals surface area (Å²) >= 11 is 2.11. The maximum atomic E-state index is 5.99. The molecular weight excluding hydrogens is 204 g/mol. The molecule has 1 aliphatic heterocycles. The predicted molar refractivity (Wildman–Crippen MR) is 68.3 cm³/mol. The zero-order valence-electron chi connectivity index (χ0n) is 9.58. The summed E-state index contributed by atoms with van der Waals surface area (Å²) < 4.78 is 0.